The predicted molar refractivity (Wildman–Crippen MR) is 130 cm³/mol. The summed E-state index contributed by atoms with van der Waals surface area (Å²) in [4.78, 5) is 21.4. The van der Waals surface area contributed by atoms with Gasteiger partial charge < -0.3 is 40.6 Å². The maximum Gasteiger partial charge on any atom is 2.00 e. The molecule has 0 unspecified atom stereocenters. The molecule has 0 radical (unpaired) electrons. The fourth-order valence-electron chi connectivity index (χ4n) is 2.64. The van der Waals surface area contributed by atoms with Crippen molar-refractivity contribution in [2.45, 2.75) is 35.0 Å². The monoisotopic (exact) mass is 568 g/mol. The summed E-state index contributed by atoms with van der Waals surface area (Å²) < 4.78 is 44.8. The molecule has 2 rings (SSSR count). The molecule has 0 amide bonds. The van der Waals surface area contributed by atoms with Gasteiger partial charge in [0.25, 0.3) is 0 Å². The van der Waals surface area contributed by atoms with Crippen LogP contribution < -0.4 is 20.8 Å². The summed E-state index contributed by atoms with van der Waals surface area (Å²) in [7, 11) is -6.47. The molecule has 0 bridgehead atoms. The third kappa shape index (κ3) is 12.8. The van der Waals surface area contributed by atoms with Gasteiger partial charge in [-0.1, -0.05) is 24.3 Å². The van der Waals surface area contributed by atoms with Crippen molar-refractivity contribution in [1.82, 2.24) is 10.6 Å². The molecule has 0 saturated carbocycles. The third-order valence-corrected chi connectivity index (χ3v) is 7.00. The second-order valence-corrected chi connectivity index (χ2v) is 11.7. The van der Waals surface area contributed by atoms with E-state index in [1.807, 2.05) is 0 Å². The van der Waals surface area contributed by atoms with Gasteiger partial charge in [0.05, 0.1) is 47.0 Å². The minimum absolute atomic E-state index is 0. The van der Waals surface area contributed by atoms with E-state index in [1.165, 1.54) is 24.3 Å². The molecule has 2 aromatic rings. The average Bonchev–Trinajstić information content (AvgIpc) is 2.79. The summed E-state index contributed by atoms with van der Waals surface area (Å²) in [5.74, 6) is -2.77. The standard InChI is InChI=1S/2C11H15NO5S.Mg/c2*1-18(16,17)9-4-2-8(3-5-9)6-12-10(7-13)11(14)15;/h2*2-5,10,12-13H,6-7H2,1H3,(H,14,15);/q;;+2/p-2/t2*10-;/m00./s1. The van der Waals surface area contributed by atoms with Crippen LogP contribution in [-0.2, 0) is 42.4 Å². The summed E-state index contributed by atoms with van der Waals surface area (Å²) >= 11 is 0. The van der Waals surface area contributed by atoms with Crippen LogP contribution in [0.25, 0.3) is 0 Å². The number of carbonyl (C=O) groups excluding carboxylic acids is 2. The van der Waals surface area contributed by atoms with E-state index in [0.717, 1.165) is 12.5 Å². The van der Waals surface area contributed by atoms with Crippen molar-refractivity contribution in [1.29, 1.82) is 0 Å². The molecule has 37 heavy (non-hydrogen) atoms. The predicted octanol–water partition coefficient (Wildman–Crippen LogP) is -3.80. The number of rotatable bonds is 12. The molecule has 200 valence electrons. The van der Waals surface area contributed by atoms with Crippen molar-refractivity contribution in [3.63, 3.8) is 0 Å². The molecule has 0 aliphatic carbocycles. The number of nitrogens with one attached hydrogen (secondary N) is 2. The number of aliphatic hydroxyl groups is 2. The van der Waals surface area contributed by atoms with E-state index in [4.69, 9.17) is 10.2 Å². The molecule has 0 aromatic heterocycles. The number of hydrogen-bond acceptors (Lipinski definition) is 12. The minimum Gasteiger partial charge on any atom is -0.548 e. The number of hydrogen-bond donors (Lipinski definition) is 4. The number of sulfone groups is 2. The zero-order valence-corrected chi connectivity index (χ0v) is 23.3. The van der Waals surface area contributed by atoms with E-state index in [2.05, 4.69) is 10.6 Å². The first kappa shape index (κ1) is 34.9. The molecule has 2 aromatic carbocycles. The van der Waals surface area contributed by atoms with Crippen LogP contribution in [0.1, 0.15) is 11.1 Å². The first-order valence-corrected chi connectivity index (χ1v) is 14.2. The molecule has 0 saturated heterocycles. The van der Waals surface area contributed by atoms with Gasteiger partial charge in [0.1, 0.15) is 0 Å². The first-order chi connectivity index (χ1) is 16.7. The largest absolute Gasteiger partial charge is 2.00 e. The van der Waals surface area contributed by atoms with Gasteiger partial charge in [-0.05, 0) is 35.4 Å². The quantitative estimate of drug-likeness (QED) is 0.181. The fourth-order valence-corrected chi connectivity index (χ4v) is 3.90. The normalized spacial score (nSPS) is 12.9. The Labute approximate surface area is 231 Å². The summed E-state index contributed by atoms with van der Waals surface area (Å²) in [5.41, 5.74) is 1.42. The van der Waals surface area contributed by atoms with Crippen molar-refractivity contribution >= 4 is 54.7 Å². The van der Waals surface area contributed by atoms with E-state index in [1.54, 1.807) is 24.3 Å². The molecule has 15 heteroatoms. The Morgan fingerprint density at radius 3 is 1.16 bits per heavy atom. The van der Waals surface area contributed by atoms with Crippen LogP contribution in [0.3, 0.4) is 0 Å². The molecule has 0 spiro atoms. The average molecular weight is 569 g/mol. The SMILES string of the molecule is CS(=O)(=O)c1ccc(CN[C@@H](CO)C(=O)[O-])cc1.CS(=O)(=O)c1ccc(CN[C@@H](CO)C(=O)[O-])cc1.[Mg+2]. The Kier molecular flexibility index (Phi) is 15.1. The zero-order valence-electron chi connectivity index (χ0n) is 20.3. The van der Waals surface area contributed by atoms with Gasteiger partial charge in [0.15, 0.2) is 19.7 Å². The van der Waals surface area contributed by atoms with E-state index in [-0.39, 0.29) is 45.9 Å². The fraction of sp³-hybridized carbons (Fsp3) is 0.364. The van der Waals surface area contributed by atoms with Crippen LogP contribution in [0.4, 0.5) is 0 Å². The number of aliphatic carboxylic acids is 2. The Morgan fingerprint density at radius 1 is 0.703 bits per heavy atom. The van der Waals surface area contributed by atoms with Gasteiger partial charge in [0.2, 0.25) is 0 Å². The van der Waals surface area contributed by atoms with Gasteiger partial charge in [-0.2, -0.15) is 0 Å². The molecule has 0 aliphatic heterocycles. The molecular weight excluding hydrogens is 541 g/mol. The van der Waals surface area contributed by atoms with E-state index >= 15 is 0 Å². The summed E-state index contributed by atoms with van der Waals surface area (Å²) in [6.45, 7) is -0.736. The second kappa shape index (κ2) is 16.0. The number of carboxylic acid groups (broad SMARTS) is 2. The Bertz CT molecular complexity index is 1120. The maximum atomic E-state index is 11.2. The van der Waals surface area contributed by atoms with Gasteiger partial charge in [-0.3, -0.25) is 0 Å². The van der Waals surface area contributed by atoms with Crippen LogP contribution in [0.5, 0.6) is 0 Å². The van der Waals surface area contributed by atoms with Gasteiger partial charge >= 0.3 is 23.1 Å². The molecular formula is C22H28MgN2O10S2. The third-order valence-electron chi connectivity index (χ3n) is 4.74. The van der Waals surface area contributed by atoms with Crippen LogP contribution in [0.2, 0.25) is 0 Å². The smallest absolute Gasteiger partial charge is 0.548 e. The molecule has 0 fully saturated rings. The zero-order chi connectivity index (χ0) is 27.5. The molecule has 12 nitrogen and oxygen atoms in total. The van der Waals surface area contributed by atoms with Crippen LogP contribution in [0, 0.1) is 0 Å². The molecule has 2 atom stereocenters. The van der Waals surface area contributed by atoms with Crippen LogP contribution >= 0.6 is 0 Å². The Hall–Kier alpha value is -2.11. The van der Waals surface area contributed by atoms with E-state index in [9.17, 15) is 36.6 Å². The second-order valence-electron chi connectivity index (χ2n) is 7.70. The molecule has 0 aliphatic rings. The Morgan fingerprint density at radius 2 is 0.973 bits per heavy atom. The number of carboxylic acids is 2. The van der Waals surface area contributed by atoms with E-state index in [0.29, 0.717) is 11.1 Å². The van der Waals surface area contributed by atoms with Crippen LogP contribution in [0.15, 0.2) is 58.3 Å². The number of benzene rings is 2. The van der Waals surface area contributed by atoms with Crippen LogP contribution in [-0.4, -0.2) is 99.8 Å². The summed E-state index contributed by atoms with van der Waals surface area (Å²) in [5, 5.41) is 43.7. The maximum absolute atomic E-state index is 11.2. The molecule has 4 N–H and O–H groups in total. The van der Waals surface area contributed by atoms with Gasteiger partial charge in [0, 0.05) is 25.6 Å². The number of carbonyl (C=O) groups is 2. The van der Waals surface area contributed by atoms with E-state index < -0.39 is 56.9 Å². The topological polar surface area (TPSA) is 213 Å². The van der Waals surface area contributed by atoms with Gasteiger partial charge in [-0.25, -0.2) is 16.8 Å². The summed E-state index contributed by atoms with van der Waals surface area (Å²) in [6, 6.07) is 9.80. The van der Waals surface area contributed by atoms with Crippen molar-refractivity contribution < 1.29 is 46.9 Å². The van der Waals surface area contributed by atoms with Crippen molar-refractivity contribution in [2.75, 3.05) is 25.7 Å². The summed E-state index contributed by atoms with van der Waals surface area (Å²) in [6.07, 6.45) is 2.22. The van der Waals surface area contributed by atoms with Gasteiger partial charge in [-0.15, -0.1) is 0 Å². The Balaban J connectivity index is 0.000000682. The molecule has 0 heterocycles. The van der Waals surface area contributed by atoms with Crippen molar-refractivity contribution in [2.24, 2.45) is 0 Å². The van der Waals surface area contributed by atoms with Crippen molar-refractivity contribution in [3.05, 3.63) is 59.7 Å². The first-order valence-electron chi connectivity index (χ1n) is 10.4. The van der Waals surface area contributed by atoms with Crippen molar-refractivity contribution in [3.8, 4) is 0 Å². The number of aliphatic hydroxyl groups excluding tert-OH is 2. The minimum atomic E-state index is -3.23.